The van der Waals surface area contributed by atoms with Crippen LogP contribution in [0.5, 0.6) is 17.4 Å². The predicted molar refractivity (Wildman–Crippen MR) is 91.8 cm³/mol. The topological polar surface area (TPSA) is 60.9 Å². The minimum atomic E-state index is -0.0877. The average Bonchev–Trinajstić information content (AvgIpc) is 3.05. The number of nitrogens with zero attached hydrogens (tertiary/aromatic N) is 2. The van der Waals surface area contributed by atoms with E-state index < -0.39 is 0 Å². The Hall–Kier alpha value is -2.73. The quantitative estimate of drug-likeness (QED) is 0.786. The van der Waals surface area contributed by atoms with Crippen molar-refractivity contribution < 1.29 is 19.0 Å². The van der Waals surface area contributed by atoms with E-state index in [1.807, 2.05) is 18.2 Å². The van der Waals surface area contributed by atoms with Gasteiger partial charge in [0.2, 0.25) is 18.6 Å². The van der Waals surface area contributed by atoms with E-state index in [0.29, 0.717) is 29.7 Å². The molecule has 2 aliphatic rings. The van der Waals surface area contributed by atoms with Crippen molar-refractivity contribution in [3.05, 3.63) is 53.2 Å². The van der Waals surface area contributed by atoms with E-state index in [-0.39, 0.29) is 18.8 Å². The molecular formula is C18H15ClN2O4. The zero-order valence-corrected chi connectivity index (χ0v) is 14.0. The molecule has 6 nitrogen and oxygen atoms in total. The number of ether oxygens (including phenoxy) is 3. The van der Waals surface area contributed by atoms with Crippen molar-refractivity contribution >= 4 is 23.6 Å². The summed E-state index contributed by atoms with van der Waals surface area (Å²) in [4.78, 5) is 18.0. The second-order valence-electron chi connectivity index (χ2n) is 5.72. The molecule has 1 fully saturated rings. The number of likely N-dealkylation sites (tertiary alicyclic amines) is 1. The van der Waals surface area contributed by atoms with Gasteiger partial charge in [-0.2, -0.15) is 0 Å². The third kappa shape index (κ3) is 3.39. The average molecular weight is 359 g/mol. The molecule has 0 atom stereocenters. The van der Waals surface area contributed by atoms with Gasteiger partial charge in [0.1, 0.15) is 11.1 Å². The molecule has 0 saturated carbocycles. The maximum absolute atomic E-state index is 12.2. The fourth-order valence-corrected chi connectivity index (χ4v) is 2.76. The van der Waals surface area contributed by atoms with Gasteiger partial charge >= 0.3 is 0 Å². The molecule has 3 heterocycles. The first kappa shape index (κ1) is 15.8. The van der Waals surface area contributed by atoms with Crippen LogP contribution in [0.15, 0.2) is 42.6 Å². The number of fused-ring (bicyclic) bond motifs is 1. The molecule has 0 unspecified atom stereocenters. The third-order valence-corrected chi connectivity index (χ3v) is 4.27. The van der Waals surface area contributed by atoms with Crippen LogP contribution < -0.4 is 14.2 Å². The molecule has 4 rings (SSSR count). The molecule has 0 radical (unpaired) electrons. The Morgan fingerprint density at radius 2 is 2.12 bits per heavy atom. The highest BCUT2D eigenvalue weighted by Gasteiger charge is 2.31. The number of carbonyl (C=O) groups is 1. The first-order valence-corrected chi connectivity index (χ1v) is 8.20. The number of rotatable bonds is 4. The molecule has 7 heteroatoms. The van der Waals surface area contributed by atoms with Gasteiger partial charge in [0.25, 0.3) is 0 Å². The minimum absolute atomic E-state index is 0.0652. The number of amides is 1. The van der Waals surface area contributed by atoms with Crippen molar-refractivity contribution in [2.24, 2.45) is 0 Å². The largest absolute Gasteiger partial charge is 0.470 e. The smallest absolute Gasteiger partial charge is 0.246 e. The summed E-state index contributed by atoms with van der Waals surface area (Å²) in [6.45, 7) is 1.26. The summed E-state index contributed by atoms with van der Waals surface area (Å²) in [6.07, 6.45) is 4.84. The van der Waals surface area contributed by atoms with Crippen molar-refractivity contribution in [3.63, 3.8) is 0 Å². The third-order valence-electron chi connectivity index (χ3n) is 3.98. The van der Waals surface area contributed by atoms with Crippen LogP contribution in [0.2, 0.25) is 5.02 Å². The number of hydrogen-bond acceptors (Lipinski definition) is 5. The fourth-order valence-electron chi connectivity index (χ4n) is 2.60. The van der Waals surface area contributed by atoms with E-state index in [2.05, 4.69) is 4.98 Å². The zero-order valence-electron chi connectivity index (χ0n) is 13.2. The van der Waals surface area contributed by atoms with Crippen LogP contribution in [0.3, 0.4) is 0 Å². The Morgan fingerprint density at radius 1 is 1.28 bits per heavy atom. The maximum Gasteiger partial charge on any atom is 0.246 e. The van der Waals surface area contributed by atoms with E-state index in [1.54, 1.807) is 35.4 Å². The molecule has 0 N–H and O–H groups in total. The molecule has 0 bridgehead atoms. The van der Waals surface area contributed by atoms with Crippen molar-refractivity contribution in [1.29, 1.82) is 0 Å². The lowest BCUT2D eigenvalue weighted by molar-refractivity contribution is -0.134. The number of carbonyl (C=O) groups excluding carboxylic acids is 1. The monoisotopic (exact) mass is 358 g/mol. The van der Waals surface area contributed by atoms with Gasteiger partial charge in [-0.1, -0.05) is 17.7 Å². The van der Waals surface area contributed by atoms with E-state index in [4.69, 9.17) is 25.8 Å². The van der Waals surface area contributed by atoms with E-state index in [9.17, 15) is 4.79 Å². The van der Waals surface area contributed by atoms with Gasteiger partial charge in [-0.15, -0.1) is 0 Å². The highest BCUT2D eigenvalue weighted by molar-refractivity contribution is 6.31. The van der Waals surface area contributed by atoms with Gasteiger partial charge in [-0.05, 0) is 35.9 Å². The predicted octanol–water partition coefficient (Wildman–Crippen LogP) is 2.77. The van der Waals surface area contributed by atoms with Crippen molar-refractivity contribution in [3.8, 4) is 17.4 Å². The van der Waals surface area contributed by atoms with Gasteiger partial charge in [0.05, 0.1) is 13.1 Å². The van der Waals surface area contributed by atoms with Gasteiger partial charge < -0.3 is 19.1 Å². The van der Waals surface area contributed by atoms with Gasteiger partial charge in [-0.3, -0.25) is 4.79 Å². The Kier molecular flexibility index (Phi) is 4.19. The highest BCUT2D eigenvalue weighted by atomic mass is 35.5. The minimum Gasteiger partial charge on any atom is -0.470 e. The number of aromatic nitrogens is 1. The molecule has 1 saturated heterocycles. The highest BCUT2D eigenvalue weighted by Crippen LogP contribution is 2.32. The molecule has 0 spiro atoms. The van der Waals surface area contributed by atoms with Crippen LogP contribution in [0, 0.1) is 0 Å². The van der Waals surface area contributed by atoms with Crippen LogP contribution in [0.1, 0.15) is 5.56 Å². The summed E-state index contributed by atoms with van der Waals surface area (Å²) in [5.41, 5.74) is 0.881. The SMILES string of the molecule is O=C(/C=C/c1ccc2c(c1)OCO2)N1CC(Oc2ncccc2Cl)C1. The fraction of sp³-hybridized carbons (Fsp3) is 0.222. The van der Waals surface area contributed by atoms with Crippen molar-refractivity contribution in [1.82, 2.24) is 9.88 Å². The Morgan fingerprint density at radius 3 is 2.96 bits per heavy atom. The molecule has 2 aromatic rings. The first-order valence-electron chi connectivity index (χ1n) is 7.83. The second-order valence-corrected chi connectivity index (χ2v) is 6.13. The zero-order chi connectivity index (χ0) is 17.2. The Bertz CT molecular complexity index is 834. The van der Waals surface area contributed by atoms with Crippen LogP contribution in [-0.2, 0) is 4.79 Å². The number of halogens is 1. The summed E-state index contributed by atoms with van der Waals surface area (Å²) in [7, 11) is 0. The molecule has 0 aliphatic carbocycles. The maximum atomic E-state index is 12.2. The lowest BCUT2D eigenvalue weighted by Gasteiger charge is -2.38. The molecular weight excluding hydrogens is 344 g/mol. The molecule has 25 heavy (non-hydrogen) atoms. The summed E-state index contributed by atoms with van der Waals surface area (Å²) < 4.78 is 16.3. The Balaban J connectivity index is 1.30. The number of hydrogen-bond donors (Lipinski definition) is 0. The van der Waals surface area contributed by atoms with E-state index in [0.717, 1.165) is 11.3 Å². The Labute approximate surface area is 149 Å². The summed E-state index contributed by atoms with van der Waals surface area (Å²) >= 11 is 6.01. The van der Waals surface area contributed by atoms with Crippen LogP contribution in [0.25, 0.3) is 6.08 Å². The lowest BCUT2D eigenvalue weighted by Crippen LogP contribution is -2.55. The van der Waals surface area contributed by atoms with Gasteiger partial charge in [-0.25, -0.2) is 4.98 Å². The van der Waals surface area contributed by atoms with Crippen molar-refractivity contribution in [2.45, 2.75) is 6.10 Å². The summed E-state index contributed by atoms with van der Waals surface area (Å²) in [5, 5.41) is 0.468. The molecule has 1 aromatic heterocycles. The summed E-state index contributed by atoms with van der Waals surface area (Å²) in [5.74, 6) is 1.75. The van der Waals surface area contributed by atoms with Gasteiger partial charge in [0, 0.05) is 12.3 Å². The van der Waals surface area contributed by atoms with Crippen LogP contribution in [0.4, 0.5) is 0 Å². The normalized spacial score (nSPS) is 16.1. The van der Waals surface area contributed by atoms with Crippen molar-refractivity contribution in [2.75, 3.05) is 19.9 Å². The lowest BCUT2D eigenvalue weighted by atomic mass is 10.1. The molecule has 1 aromatic carbocycles. The molecule has 1 amide bonds. The molecule has 128 valence electrons. The molecule has 2 aliphatic heterocycles. The standard InChI is InChI=1S/C18H15ClN2O4/c19-14-2-1-7-20-18(14)25-13-9-21(10-13)17(22)6-4-12-3-5-15-16(8-12)24-11-23-15/h1-8,13H,9-11H2/b6-4+. The van der Waals surface area contributed by atoms with E-state index >= 15 is 0 Å². The van der Waals surface area contributed by atoms with Crippen LogP contribution >= 0.6 is 11.6 Å². The second kappa shape index (κ2) is 6.64. The van der Waals surface area contributed by atoms with Crippen LogP contribution in [-0.4, -0.2) is 41.8 Å². The number of benzene rings is 1. The van der Waals surface area contributed by atoms with E-state index in [1.165, 1.54) is 0 Å². The number of pyridine rings is 1. The first-order chi connectivity index (χ1) is 12.2. The van der Waals surface area contributed by atoms with Gasteiger partial charge in [0.15, 0.2) is 11.5 Å². The summed E-state index contributed by atoms with van der Waals surface area (Å²) in [6, 6.07) is 9.02.